The van der Waals surface area contributed by atoms with Crippen LogP contribution in [0.2, 0.25) is 5.02 Å². The Labute approximate surface area is 251 Å². The second-order valence-corrected chi connectivity index (χ2v) is 11.3. The molecule has 198 valence electrons. The first kappa shape index (κ1) is 26.5. The molecule has 6 rings (SSSR count). The van der Waals surface area contributed by atoms with Gasteiger partial charge in [-0.15, -0.1) is 0 Å². The Morgan fingerprint density at radius 3 is 2.60 bits per heavy atom. The summed E-state index contributed by atoms with van der Waals surface area (Å²) in [4.78, 5) is 18.3. The third-order valence-corrected chi connectivity index (χ3v) is 7.67. The van der Waals surface area contributed by atoms with E-state index in [0.29, 0.717) is 39.6 Å². The van der Waals surface area contributed by atoms with Gasteiger partial charge in [0, 0.05) is 10.4 Å². The molecule has 0 aliphatic carbocycles. The van der Waals surface area contributed by atoms with Crippen molar-refractivity contribution in [1.82, 2.24) is 9.66 Å². The summed E-state index contributed by atoms with van der Waals surface area (Å²) in [6.07, 6.45) is 1.60. The average Bonchev–Trinajstić information content (AvgIpc) is 3.35. The van der Waals surface area contributed by atoms with Crippen LogP contribution in [-0.2, 0) is 6.61 Å². The fraction of sp³-hybridized carbons (Fsp3) is 0.0645. The number of benzene rings is 4. The Bertz CT molecular complexity index is 1980. The van der Waals surface area contributed by atoms with E-state index in [0.717, 1.165) is 25.5 Å². The van der Waals surface area contributed by atoms with Gasteiger partial charge in [-0.2, -0.15) is 9.78 Å². The largest absolute Gasteiger partial charge is 0.487 e. The first-order chi connectivity index (χ1) is 19.4. The van der Waals surface area contributed by atoms with E-state index in [1.807, 2.05) is 30.3 Å². The van der Waals surface area contributed by atoms with Gasteiger partial charge in [0.1, 0.15) is 17.9 Å². The molecule has 9 heteroatoms. The number of hydrogen-bond donors (Lipinski definition) is 0. The molecule has 0 spiro atoms. The maximum absolute atomic E-state index is 13.6. The van der Waals surface area contributed by atoms with Crippen LogP contribution in [-0.4, -0.2) is 15.9 Å². The molecule has 0 aliphatic heterocycles. The topological polar surface area (TPSA) is 69.6 Å². The lowest BCUT2D eigenvalue weighted by atomic mass is 10.1. The van der Waals surface area contributed by atoms with Crippen LogP contribution in [0.3, 0.4) is 0 Å². The van der Waals surface area contributed by atoms with Gasteiger partial charge in [-0.25, -0.2) is 4.98 Å². The number of para-hydroxylation sites is 1. The predicted molar refractivity (Wildman–Crippen MR) is 167 cm³/mol. The molecule has 0 unspecified atom stereocenters. The molecule has 6 nitrogen and oxygen atoms in total. The van der Waals surface area contributed by atoms with Crippen molar-refractivity contribution in [2.75, 3.05) is 0 Å². The van der Waals surface area contributed by atoms with Gasteiger partial charge in [-0.1, -0.05) is 53.6 Å². The lowest BCUT2D eigenvalue weighted by molar-refractivity contribution is 0.302. The van der Waals surface area contributed by atoms with E-state index in [2.05, 4.69) is 56.0 Å². The third kappa shape index (κ3) is 5.35. The van der Waals surface area contributed by atoms with Crippen molar-refractivity contribution in [2.24, 2.45) is 5.10 Å². The summed E-state index contributed by atoms with van der Waals surface area (Å²) < 4.78 is 14.9. The molecule has 4 aromatic carbocycles. The molecule has 0 amide bonds. The fourth-order valence-electron chi connectivity index (χ4n) is 4.39. The Morgan fingerprint density at radius 1 is 1.00 bits per heavy atom. The number of furan rings is 1. The fourth-order valence-corrected chi connectivity index (χ4v) is 6.02. The first-order valence-electron chi connectivity index (χ1n) is 12.3. The normalized spacial score (nSPS) is 11.6. The van der Waals surface area contributed by atoms with Crippen LogP contribution in [0.25, 0.3) is 33.5 Å². The van der Waals surface area contributed by atoms with Crippen molar-refractivity contribution in [1.29, 1.82) is 0 Å². The van der Waals surface area contributed by atoms with E-state index < -0.39 is 0 Å². The number of rotatable bonds is 6. The highest BCUT2D eigenvalue weighted by Gasteiger charge is 2.17. The molecule has 0 aliphatic rings. The minimum absolute atomic E-state index is 0.281. The monoisotopic (exact) mass is 675 g/mol. The molecule has 0 saturated carbocycles. The zero-order valence-electron chi connectivity index (χ0n) is 21.1. The molecule has 0 N–H and O–H groups in total. The van der Waals surface area contributed by atoms with E-state index in [1.54, 1.807) is 48.7 Å². The Morgan fingerprint density at radius 2 is 1.80 bits per heavy atom. The van der Waals surface area contributed by atoms with Crippen LogP contribution in [0.5, 0.6) is 5.75 Å². The van der Waals surface area contributed by atoms with Crippen LogP contribution in [0.15, 0.2) is 108 Å². The van der Waals surface area contributed by atoms with E-state index in [-0.39, 0.29) is 11.4 Å². The lowest BCUT2D eigenvalue weighted by Crippen LogP contribution is -2.20. The van der Waals surface area contributed by atoms with Gasteiger partial charge in [0.2, 0.25) is 5.82 Å². The third-order valence-electron chi connectivity index (χ3n) is 6.26. The van der Waals surface area contributed by atoms with E-state index in [4.69, 9.17) is 25.7 Å². The standard InChI is InChI=1S/C31H20Br2ClN3O3/c1-18-5-4-6-19(11-18)17-39-29-24(32)12-20(13-25(29)33)16-35-37-30(36-26-8-3-2-7-23(26)31(37)38)28-15-21-14-22(34)9-10-27(21)40-28/h2-16H,17H2,1H3. The molecule has 40 heavy (non-hydrogen) atoms. The Balaban J connectivity index is 1.38. The highest BCUT2D eigenvalue weighted by atomic mass is 79.9. The number of hydrogen-bond acceptors (Lipinski definition) is 5. The average molecular weight is 678 g/mol. The molecule has 0 atom stereocenters. The van der Waals surface area contributed by atoms with Crippen LogP contribution in [0.4, 0.5) is 0 Å². The zero-order chi connectivity index (χ0) is 27.8. The molecule has 0 saturated heterocycles. The number of nitrogens with zero attached hydrogens (tertiary/aromatic N) is 3. The minimum atomic E-state index is -0.313. The molecule has 2 heterocycles. The minimum Gasteiger partial charge on any atom is -0.487 e. The molecule has 2 aromatic heterocycles. The van der Waals surface area contributed by atoms with Gasteiger partial charge < -0.3 is 9.15 Å². The molecule has 0 radical (unpaired) electrons. The lowest BCUT2D eigenvalue weighted by Gasteiger charge is -2.12. The molecular formula is C31H20Br2ClN3O3. The van der Waals surface area contributed by atoms with Gasteiger partial charge in [0.25, 0.3) is 5.56 Å². The van der Waals surface area contributed by atoms with Crippen molar-refractivity contribution in [3.63, 3.8) is 0 Å². The van der Waals surface area contributed by atoms with Gasteiger partial charge in [-0.05, 0) is 98.4 Å². The molecular weight excluding hydrogens is 658 g/mol. The second kappa shape index (κ2) is 11.0. The zero-order valence-corrected chi connectivity index (χ0v) is 25.0. The van der Waals surface area contributed by atoms with Crippen molar-refractivity contribution >= 4 is 71.5 Å². The van der Waals surface area contributed by atoms with Gasteiger partial charge >= 0.3 is 0 Å². The van der Waals surface area contributed by atoms with Gasteiger partial charge in [0.05, 0.1) is 26.1 Å². The summed E-state index contributed by atoms with van der Waals surface area (Å²) in [7, 11) is 0. The van der Waals surface area contributed by atoms with E-state index in [9.17, 15) is 4.79 Å². The summed E-state index contributed by atoms with van der Waals surface area (Å²) in [5, 5.41) is 6.39. The molecule has 0 fully saturated rings. The number of ether oxygens (including phenoxy) is 1. The van der Waals surface area contributed by atoms with E-state index in [1.165, 1.54) is 10.2 Å². The van der Waals surface area contributed by atoms with Crippen LogP contribution >= 0.6 is 43.5 Å². The van der Waals surface area contributed by atoms with Crippen molar-refractivity contribution < 1.29 is 9.15 Å². The quantitative estimate of drug-likeness (QED) is 0.165. The van der Waals surface area contributed by atoms with Gasteiger partial charge in [-0.3, -0.25) is 4.79 Å². The van der Waals surface area contributed by atoms with Crippen LogP contribution in [0.1, 0.15) is 16.7 Å². The maximum Gasteiger partial charge on any atom is 0.282 e. The Kier molecular flexibility index (Phi) is 7.31. The predicted octanol–water partition coefficient (Wildman–Crippen LogP) is 8.76. The SMILES string of the molecule is Cc1cccc(COc2c(Br)cc(C=Nn3c(-c4cc5cc(Cl)ccc5o4)nc4ccccc4c3=O)cc2Br)c1. The van der Waals surface area contributed by atoms with Crippen LogP contribution in [0, 0.1) is 6.92 Å². The van der Waals surface area contributed by atoms with Gasteiger partial charge in [0.15, 0.2) is 5.76 Å². The highest BCUT2D eigenvalue weighted by Crippen LogP contribution is 2.35. The second-order valence-electron chi connectivity index (χ2n) is 9.20. The summed E-state index contributed by atoms with van der Waals surface area (Å²) in [6.45, 7) is 2.48. The summed E-state index contributed by atoms with van der Waals surface area (Å²) >= 11 is 13.4. The number of fused-ring (bicyclic) bond motifs is 2. The van der Waals surface area contributed by atoms with Crippen LogP contribution < -0.4 is 10.3 Å². The number of aryl methyl sites for hydroxylation is 1. The molecule has 0 bridgehead atoms. The van der Waals surface area contributed by atoms with Crippen molar-refractivity contribution in [2.45, 2.75) is 13.5 Å². The highest BCUT2D eigenvalue weighted by molar-refractivity contribution is 9.11. The number of aromatic nitrogens is 2. The summed E-state index contributed by atoms with van der Waals surface area (Å²) in [5.41, 5.74) is 3.86. The van der Waals surface area contributed by atoms with Crippen molar-refractivity contribution in [3.8, 4) is 17.3 Å². The van der Waals surface area contributed by atoms with Crippen molar-refractivity contribution in [3.05, 3.63) is 126 Å². The Hall–Kier alpha value is -3.72. The number of halogens is 3. The summed E-state index contributed by atoms with van der Waals surface area (Å²) in [5.74, 6) is 1.35. The van der Waals surface area contributed by atoms with E-state index >= 15 is 0 Å². The maximum atomic E-state index is 13.6. The summed E-state index contributed by atoms with van der Waals surface area (Å²) in [6, 6.07) is 26.2. The first-order valence-corrected chi connectivity index (χ1v) is 14.2. The smallest absolute Gasteiger partial charge is 0.282 e. The molecule has 6 aromatic rings.